The Morgan fingerprint density at radius 1 is 1.18 bits per heavy atom. The molecule has 0 aromatic carbocycles. The molecule has 0 fully saturated rings. The van der Waals surface area contributed by atoms with Crippen molar-refractivity contribution < 1.29 is 0 Å². The molecule has 4 heteroatoms. The van der Waals surface area contributed by atoms with Gasteiger partial charge in [0.15, 0.2) is 0 Å². The molecular formula is C7H6N4. The predicted molar refractivity (Wildman–Crippen MR) is 39.0 cm³/mol. The summed E-state index contributed by atoms with van der Waals surface area (Å²) in [6, 6.07) is 0. The molecule has 0 radical (unpaired) electrons. The third-order valence-electron chi connectivity index (χ3n) is 2.07. The molecule has 3 rings (SSSR count). The van der Waals surface area contributed by atoms with Crippen LogP contribution < -0.4 is 0 Å². The van der Waals surface area contributed by atoms with Crippen LogP contribution in [0.15, 0.2) is 12.4 Å². The maximum atomic E-state index is 3.96. The van der Waals surface area contributed by atoms with Crippen molar-refractivity contribution >= 4 is 0 Å². The maximum Gasteiger partial charge on any atom is 0.0720 e. The number of aromatic nitrogens is 4. The van der Waals surface area contributed by atoms with Gasteiger partial charge in [-0.2, -0.15) is 10.2 Å². The molecule has 0 atom stereocenters. The van der Waals surface area contributed by atoms with Gasteiger partial charge < -0.3 is 0 Å². The van der Waals surface area contributed by atoms with E-state index in [0.29, 0.717) is 0 Å². The number of H-pyrrole nitrogens is 2. The van der Waals surface area contributed by atoms with E-state index in [1.165, 1.54) is 11.3 Å². The van der Waals surface area contributed by atoms with E-state index < -0.39 is 0 Å². The summed E-state index contributed by atoms with van der Waals surface area (Å²) in [5.41, 5.74) is 4.73. The van der Waals surface area contributed by atoms with Gasteiger partial charge in [-0.15, -0.1) is 0 Å². The maximum absolute atomic E-state index is 3.96. The highest BCUT2D eigenvalue weighted by atomic mass is 15.1. The first-order chi connectivity index (χ1) is 5.45. The van der Waals surface area contributed by atoms with Crippen molar-refractivity contribution in [3.05, 3.63) is 23.7 Å². The smallest absolute Gasteiger partial charge is 0.0720 e. The lowest BCUT2D eigenvalue weighted by Crippen LogP contribution is -1.80. The lowest BCUT2D eigenvalue weighted by atomic mass is 10.3. The van der Waals surface area contributed by atoms with Crippen molar-refractivity contribution in [2.45, 2.75) is 6.42 Å². The van der Waals surface area contributed by atoms with Crippen LogP contribution >= 0.6 is 0 Å². The fourth-order valence-corrected chi connectivity index (χ4v) is 1.53. The summed E-state index contributed by atoms with van der Waals surface area (Å²) >= 11 is 0. The minimum absolute atomic E-state index is 0.932. The minimum Gasteiger partial charge on any atom is -0.282 e. The minimum atomic E-state index is 0.932. The predicted octanol–water partition coefficient (Wildman–Crippen LogP) is 0.704. The molecule has 1 aliphatic carbocycles. The zero-order chi connectivity index (χ0) is 7.26. The van der Waals surface area contributed by atoms with Gasteiger partial charge in [0, 0.05) is 23.2 Å². The Kier molecular flexibility index (Phi) is 0.711. The Morgan fingerprint density at radius 3 is 3.09 bits per heavy atom. The molecule has 0 aliphatic heterocycles. The quantitative estimate of drug-likeness (QED) is 0.490. The van der Waals surface area contributed by atoms with E-state index in [2.05, 4.69) is 20.4 Å². The highest BCUT2D eigenvalue weighted by Gasteiger charge is 2.21. The summed E-state index contributed by atoms with van der Waals surface area (Å²) < 4.78 is 0. The van der Waals surface area contributed by atoms with Gasteiger partial charge in [-0.1, -0.05) is 0 Å². The van der Waals surface area contributed by atoms with E-state index in [0.717, 1.165) is 17.7 Å². The summed E-state index contributed by atoms with van der Waals surface area (Å²) in [5, 5.41) is 13.8. The molecule has 2 N–H and O–H groups in total. The first-order valence-electron chi connectivity index (χ1n) is 3.50. The SMILES string of the molecule is c1n[nH]c2c1Cc1[nH]ncc1-2. The highest BCUT2D eigenvalue weighted by molar-refractivity contribution is 5.70. The number of fused-ring (bicyclic) bond motifs is 3. The molecule has 0 saturated heterocycles. The molecule has 2 aromatic rings. The van der Waals surface area contributed by atoms with Crippen LogP contribution in [0.3, 0.4) is 0 Å². The van der Waals surface area contributed by atoms with E-state index in [-0.39, 0.29) is 0 Å². The molecule has 0 spiro atoms. The van der Waals surface area contributed by atoms with Crippen LogP contribution in [0.5, 0.6) is 0 Å². The molecule has 11 heavy (non-hydrogen) atoms. The molecule has 4 nitrogen and oxygen atoms in total. The molecule has 0 unspecified atom stereocenters. The third-order valence-corrected chi connectivity index (χ3v) is 2.07. The van der Waals surface area contributed by atoms with Crippen LogP contribution in [0.2, 0.25) is 0 Å². The number of nitrogens with one attached hydrogen (secondary N) is 2. The zero-order valence-electron chi connectivity index (χ0n) is 5.76. The molecule has 2 heterocycles. The summed E-state index contributed by atoms with van der Waals surface area (Å²) in [6.07, 6.45) is 4.63. The molecular weight excluding hydrogens is 140 g/mol. The number of nitrogens with zero attached hydrogens (tertiary/aromatic N) is 2. The van der Waals surface area contributed by atoms with Crippen LogP contribution in [0, 0.1) is 0 Å². The van der Waals surface area contributed by atoms with Crippen LogP contribution in [-0.2, 0) is 6.42 Å². The second-order valence-electron chi connectivity index (χ2n) is 2.71. The molecule has 2 aromatic heterocycles. The fourth-order valence-electron chi connectivity index (χ4n) is 1.53. The van der Waals surface area contributed by atoms with Crippen molar-refractivity contribution in [1.29, 1.82) is 0 Å². The zero-order valence-corrected chi connectivity index (χ0v) is 5.76. The van der Waals surface area contributed by atoms with E-state index in [4.69, 9.17) is 0 Å². The molecule has 0 saturated carbocycles. The molecule has 0 amide bonds. The number of hydrogen-bond donors (Lipinski definition) is 2. The summed E-state index contributed by atoms with van der Waals surface area (Å²) in [5.74, 6) is 0. The average molecular weight is 146 g/mol. The third kappa shape index (κ3) is 0.497. The highest BCUT2D eigenvalue weighted by Crippen LogP contribution is 2.32. The first kappa shape index (κ1) is 5.12. The normalized spacial score (nSPS) is 13.1. The van der Waals surface area contributed by atoms with Crippen LogP contribution in [-0.4, -0.2) is 20.4 Å². The summed E-state index contributed by atoms with van der Waals surface area (Å²) in [4.78, 5) is 0. The van der Waals surface area contributed by atoms with Crippen molar-refractivity contribution in [2.24, 2.45) is 0 Å². The standard InChI is InChI=1S/C7H6N4/c1-4-2-8-11-7(4)5-3-9-10-6(1)5/h2-3H,1H2,(H,8,11)(H,9,10). The van der Waals surface area contributed by atoms with Gasteiger partial charge in [0.05, 0.1) is 18.1 Å². The van der Waals surface area contributed by atoms with E-state index in [1.54, 1.807) is 0 Å². The van der Waals surface area contributed by atoms with E-state index in [9.17, 15) is 0 Å². The van der Waals surface area contributed by atoms with Gasteiger partial charge in [0.1, 0.15) is 0 Å². The van der Waals surface area contributed by atoms with Gasteiger partial charge >= 0.3 is 0 Å². The summed E-state index contributed by atoms with van der Waals surface area (Å²) in [7, 11) is 0. The van der Waals surface area contributed by atoms with Crippen LogP contribution in [0.1, 0.15) is 11.3 Å². The molecule has 1 aliphatic rings. The number of rotatable bonds is 0. The Labute approximate surface area is 62.6 Å². The van der Waals surface area contributed by atoms with Crippen LogP contribution in [0.4, 0.5) is 0 Å². The Hall–Kier alpha value is -1.58. The Morgan fingerprint density at radius 2 is 2.09 bits per heavy atom. The molecule has 54 valence electrons. The lowest BCUT2D eigenvalue weighted by molar-refractivity contribution is 1.01. The second kappa shape index (κ2) is 1.53. The van der Waals surface area contributed by atoms with Crippen molar-refractivity contribution in [1.82, 2.24) is 20.4 Å². The van der Waals surface area contributed by atoms with Crippen molar-refractivity contribution in [2.75, 3.05) is 0 Å². The Bertz CT molecular complexity index is 360. The van der Waals surface area contributed by atoms with Gasteiger partial charge in [0.25, 0.3) is 0 Å². The Balaban J connectivity index is 2.38. The fraction of sp³-hybridized carbons (Fsp3) is 0.143. The van der Waals surface area contributed by atoms with Gasteiger partial charge in [0.2, 0.25) is 0 Å². The van der Waals surface area contributed by atoms with E-state index >= 15 is 0 Å². The van der Waals surface area contributed by atoms with Gasteiger partial charge in [-0.3, -0.25) is 10.2 Å². The van der Waals surface area contributed by atoms with Crippen molar-refractivity contribution in [3.63, 3.8) is 0 Å². The molecule has 0 bridgehead atoms. The number of aromatic amines is 2. The van der Waals surface area contributed by atoms with E-state index in [1.807, 2.05) is 12.4 Å². The summed E-state index contributed by atoms with van der Waals surface area (Å²) in [6.45, 7) is 0. The van der Waals surface area contributed by atoms with Gasteiger partial charge in [-0.25, -0.2) is 0 Å². The lowest BCUT2D eigenvalue weighted by Gasteiger charge is -1.83. The average Bonchev–Trinajstić information content (AvgIpc) is 2.52. The second-order valence-corrected chi connectivity index (χ2v) is 2.71. The van der Waals surface area contributed by atoms with Crippen molar-refractivity contribution in [3.8, 4) is 11.3 Å². The largest absolute Gasteiger partial charge is 0.282 e. The van der Waals surface area contributed by atoms with Gasteiger partial charge in [-0.05, 0) is 0 Å². The number of hydrogen-bond acceptors (Lipinski definition) is 2. The monoisotopic (exact) mass is 146 g/mol. The van der Waals surface area contributed by atoms with Crippen LogP contribution in [0.25, 0.3) is 11.3 Å². The topological polar surface area (TPSA) is 57.4 Å². The first-order valence-corrected chi connectivity index (χ1v) is 3.50.